The zero-order valence-electron chi connectivity index (χ0n) is 12.7. The van der Waals surface area contributed by atoms with Crippen LogP contribution in [-0.2, 0) is 10.4 Å². The highest BCUT2D eigenvalue weighted by atomic mass is 16.5. The predicted octanol–water partition coefficient (Wildman–Crippen LogP) is 2.50. The van der Waals surface area contributed by atoms with Gasteiger partial charge in [0.05, 0.1) is 13.0 Å². The predicted molar refractivity (Wildman–Crippen MR) is 85.5 cm³/mol. The Kier molecular flexibility index (Phi) is 3.88. The molecule has 0 fully saturated rings. The molecule has 0 bridgehead atoms. The van der Waals surface area contributed by atoms with Crippen molar-refractivity contribution >= 4 is 17.4 Å². The Hall–Kier alpha value is -2.66. The molecular formula is C18H17NO4. The summed E-state index contributed by atoms with van der Waals surface area (Å²) in [5.41, 5.74) is -0.422. The van der Waals surface area contributed by atoms with Gasteiger partial charge in [0.15, 0.2) is 11.4 Å². The number of nitrogens with one attached hydrogen (secondary N) is 1. The van der Waals surface area contributed by atoms with Gasteiger partial charge in [-0.15, -0.1) is 0 Å². The largest absolute Gasteiger partial charge is 0.494 e. The number of Topliss-reactive ketones (excluding diaryl/α,β-unsaturated/α-hetero) is 1. The molecule has 0 saturated carbocycles. The number of ketones is 1. The van der Waals surface area contributed by atoms with E-state index in [0.29, 0.717) is 29.2 Å². The van der Waals surface area contributed by atoms with Gasteiger partial charge < -0.3 is 15.2 Å². The van der Waals surface area contributed by atoms with Gasteiger partial charge in [-0.05, 0) is 37.3 Å². The fourth-order valence-corrected chi connectivity index (χ4v) is 2.71. The number of amides is 1. The first-order valence-electron chi connectivity index (χ1n) is 7.44. The third-order valence-corrected chi connectivity index (χ3v) is 3.90. The molecule has 2 aromatic carbocycles. The van der Waals surface area contributed by atoms with Crippen molar-refractivity contribution in [3.8, 4) is 5.75 Å². The van der Waals surface area contributed by atoms with Gasteiger partial charge in [-0.3, -0.25) is 9.59 Å². The minimum Gasteiger partial charge on any atom is -0.494 e. The summed E-state index contributed by atoms with van der Waals surface area (Å²) in [5, 5.41) is 13.3. The van der Waals surface area contributed by atoms with Crippen LogP contribution < -0.4 is 10.1 Å². The molecule has 0 spiro atoms. The van der Waals surface area contributed by atoms with Crippen LogP contribution in [-0.4, -0.2) is 23.4 Å². The lowest BCUT2D eigenvalue weighted by molar-refractivity contribution is -0.133. The quantitative estimate of drug-likeness (QED) is 0.832. The summed E-state index contributed by atoms with van der Waals surface area (Å²) in [7, 11) is 0. The summed E-state index contributed by atoms with van der Waals surface area (Å²) in [5.74, 6) is -0.202. The highest BCUT2D eigenvalue weighted by Gasteiger charge is 2.46. The highest BCUT2D eigenvalue weighted by Crippen LogP contribution is 2.38. The maximum absolute atomic E-state index is 12.4. The molecule has 0 aromatic heterocycles. The molecular weight excluding hydrogens is 294 g/mol. The van der Waals surface area contributed by atoms with Crippen molar-refractivity contribution in [3.05, 3.63) is 59.7 Å². The number of hydrogen-bond acceptors (Lipinski definition) is 4. The van der Waals surface area contributed by atoms with Gasteiger partial charge in [0.25, 0.3) is 5.91 Å². The lowest BCUT2D eigenvalue weighted by Crippen LogP contribution is -2.36. The van der Waals surface area contributed by atoms with E-state index in [1.807, 2.05) is 6.92 Å². The molecule has 1 atom stereocenters. The van der Waals surface area contributed by atoms with E-state index in [1.54, 1.807) is 48.5 Å². The van der Waals surface area contributed by atoms with Crippen molar-refractivity contribution in [2.24, 2.45) is 0 Å². The Balaban J connectivity index is 1.83. The summed E-state index contributed by atoms with van der Waals surface area (Å²) >= 11 is 0. The van der Waals surface area contributed by atoms with Crippen molar-refractivity contribution < 1.29 is 19.4 Å². The number of carbonyl (C=O) groups is 2. The number of carbonyl (C=O) groups excluding carboxylic acids is 2. The normalized spacial score (nSPS) is 19.1. The number of para-hydroxylation sites is 1. The Morgan fingerprint density at radius 1 is 1.17 bits per heavy atom. The summed E-state index contributed by atoms with van der Waals surface area (Å²) in [6.45, 7) is 2.43. The summed E-state index contributed by atoms with van der Waals surface area (Å²) in [6, 6.07) is 13.5. The van der Waals surface area contributed by atoms with Crippen LogP contribution >= 0.6 is 0 Å². The average molecular weight is 311 g/mol. The number of benzene rings is 2. The van der Waals surface area contributed by atoms with Gasteiger partial charge >= 0.3 is 0 Å². The molecule has 0 aliphatic carbocycles. The van der Waals surface area contributed by atoms with Crippen LogP contribution in [0.4, 0.5) is 5.69 Å². The van der Waals surface area contributed by atoms with Gasteiger partial charge in [-0.2, -0.15) is 0 Å². The van der Waals surface area contributed by atoms with Crippen LogP contribution in [0.5, 0.6) is 5.75 Å². The van der Waals surface area contributed by atoms with Crippen LogP contribution in [0.25, 0.3) is 0 Å². The maximum atomic E-state index is 12.4. The van der Waals surface area contributed by atoms with Gasteiger partial charge in [0, 0.05) is 16.8 Å². The molecule has 1 aliphatic rings. The third-order valence-electron chi connectivity index (χ3n) is 3.90. The molecule has 118 valence electrons. The van der Waals surface area contributed by atoms with Crippen LogP contribution in [0.2, 0.25) is 0 Å². The minimum absolute atomic E-state index is 0.302. The third kappa shape index (κ3) is 2.71. The number of anilines is 1. The van der Waals surface area contributed by atoms with Gasteiger partial charge in [-0.1, -0.05) is 18.2 Å². The Morgan fingerprint density at radius 3 is 2.57 bits per heavy atom. The lowest BCUT2D eigenvalue weighted by Gasteiger charge is -2.20. The number of fused-ring (bicyclic) bond motifs is 1. The second kappa shape index (κ2) is 5.85. The van der Waals surface area contributed by atoms with E-state index in [0.717, 1.165) is 0 Å². The second-order valence-electron chi connectivity index (χ2n) is 5.42. The van der Waals surface area contributed by atoms with Crippen LogP contribution in [0.15, 0.2) is 48.5 Å². The van der Waals surface area contributed by atoms with Gasteiger partial charge in [0.2, 0.25) is 0 Å². The number of hydrogen-bond donors (Lipinski definition) is 2. The molecule has 1 amide bonds. The molecule has 2 N–H and O–H groups in total. The molecule has 5 nitrogen and oxygen atoms in total. The first-order valence-corrected chi connectivity index (χ1v) is 7.44. The molecule has 3 rings (SSSR count). The molecule has 0 saturated heterocycles. The summed E-state index contributed by atoms with van der Waals surface area (Å²) < 4.78 is 5.33. The summed E-state index contributed by atoms with van der Waals surface area (Å²) in [4.78, 5) is 24.6. The SMILES string of the molecule is CCOc1ccc(C(=O)C[C@@]2(O)C(=O)Nc3ccccc32)cc1. The standard InChI is InChI=1S/C18H17NO4/c1-2-23-13-9-7-12(8-10-13)16(20)11-18(22)14-5-3-4-6-15(14)19-17(18)21/h3-10,22H,2,11H2,1H3,(H,19,21)/t18-/m0/s1. The first-order chi connectivity index (χ1) is 11.0. The van der Waals surface area contributed by atoms with Crippen molar-refractivity contribution in [3.63, 3.8) is 0 Å². The maximum Gasteiger partial charge on any atom is 0.261 e. The van der Waals surface area contributed by atoms with Crippen LogP contribution in [0.3, 0.4) is 0 Å². The Morgan fingerprint density at radius 2 is 1.87 bits per heavy atom. The van der Waals surface area contributed by atoms with E-state index >= 15 is 0 Å². The smallest absolute Gasteiger partial charge is 0.261 e. The number of rotatable bonds is 5. The van der Waals surface area contributed by atoms with Crippen molar-refractivity contribution in [1.29, 1.82) is 0 Å². The molecule has 1 heterocycles. The molecule has 0 unspecified atom stereocenters. The topological polar surface area (TPSA) is 75.6 Å². The zero-order chi connectivity index (χ0) is 16.4. The van der Waals surface area contributed by atoms with E-state index in [4.69, 9.17) is 4.74 Å². The van der Waals surface area contributed by atoms with Gasteiger partial charge in [-0.25, -0.2) is 0 Å². The second-order valence-corrected chi connectivity index (χ2v) is 5.42. The van der Waals surface area contributed by atoms with E-state index < -0.39 is 11.5 Å². The van der Waals surface area contributed by atoms with Crippen molar-refractivity contribution in [2.75, 3.05) is 11.9 Å². The Labute approximate surface area is 133 Å². The summed E-state index contributed by atoms with van der Waals surface area (Å²) in [6.07, 6.45) is -0.302. The molecule has 1 aliphatic heterocycles. The zero-order valence-corrected chi connectivity index (χ0v) is 12.7. The molecule has 0 radical (unpaired) electrons. The van der Waals surface area contributed by atoms with E-state index in [2.05, 4.69) is 5.32 Å². The highest BCUT2D eigenvalue weighted by molar-refractivity contribution is 6.09. The van der Waals surface area contributed by atoms with E-state index in [-0.39, 0.29) is 12.2 Å². The molecule has 5 heteroatoms. The monoisotopic (exact) mass is 311 g/mol. The molecule has 2 aromatic rings. The minimum atomic E-state index is -1.83. The number of ether oxygens (including phenoxy) is 1. The van der Waals surface area contributed by atoms with Gasteiger partial charge in [0.1, 0.15) is 5.75 Å². The Bertz CT molecular complexity index is 754. The fraction of sp³-hybridized carbons (Fsp3) is 0.222. The van der Waals surface area contributed by atoms with Crippen molar-refractivity contribution in [2.45, 2.75) is 18.9 Å². The average Bonchev–Trinajstić information content (AvgIpc) is 2.80. The first kappa shape index (κ1) is 15.2. The van der Waals surface area contributed by atoms with Crippen LogP contribution in [0, 0.1) is 0 Å². The van der Waals surface area contributed by atoms with E-state index in [9.17, 15) is 14.7 Å². The number of aliphatic hydroxyl groups is 1. The van der Waals surface area contributed by atoms with Crippen molar-refractivity contribution in [1.82, 2.24) is 0 Å². The van der Waals surface area contributed by atoms with Crippen LogP contribution in [0.1, 0.15) is 29.3 Å². The van der Waals surface area contributed by atoms with E-state index in [1.165, 1.54) is 0 Å². The lowest BCUT2D eigenvalue weighted by atomic mass is 9.88. The fourth-order valence-electron chi connectivity index (χ4n) is 2.71. The molecule has 23 heavy (non-hydrogen) atoms.